The molecule has 5 heteroatoms. The van der Waals surface area contributed by atoms with E-state index in [9.17, 15) is 9.59 Å². The van der Waals surface area contributed by atoms with Gasteiger partial charge < -0.3 is 9.84 Å². The van der Waals surface area contributed by atoms with E-state index in [2.05, 4.69) is 0 Å². The van der Waals surface area contributed by atoms with Gasteiger partial charge in [0.2, 0.25) is 0 Å². The molecule has 0 unspecified atom stereocenters. The fourth-order valence-corrected chi connectivity index (χ4v) is 2.53. The molecule has 90 valence electrons. The lowest BCUT2D eigenvalue weighted by Gasteiger charge is -2.08. The van der Waals surface area contributed by atoms with Gasteiger partial charge in [-0.2, -0.15) is 0 Å². The summed E-state index contributed by atoms with van der Waals surface area (Å²) in [4.78, 5) is 21.0. The van der Waals surface area contributed by atoms with Crippen molar-refractivity contribution in [1.82, 2.24) is 0 Å². The number of carbonyl (C=O) groups excluding carboxylic acids is 1. The maximum Gasteiger partial charge on any atom is 0.313 e. The Morgan fingerprint density at radius 2 is 2.41 bits per heavy atom. The molecule has 0 aromatic heterocycles. The van der Waals surface area contributed by atoms with Crippen molar-refractivity contribution in [2.24, 2.45) is 0 Å². The molecular formula is C12H12O4S. The molecule has 0 fully saturated rings. The van der Waals surface area contributed by atoms with Gasteiger partial charge in [-0.15, -0.1) is 11.8 Å². The van der Waals surface area contributed by atoms with E-state index in [0.29, 0.717) is 11.3 Å². The van der Waals surface area contributed by atoms with Gasteiger partial charge in [-0.3, -0.25) is 9.59 Å². The maximum atomic E-state index is 10.6. The molecule has 1 aromatic carbocycles. The summed E-state index contributed by atoms with van der Waals surface area (Å²) in [5.74, 6) is 0.734. The van der Waals surface area contributed by atoms with Gasteiger partial charge in [0.15, 0.2) is 0 Å². The fraction of sp³-hybridized carbons (Fsp3) is 0.333. The summed E-state index contributed by atoms with van der Waals surface area (Å²) >= 11 is 1.35. The Balaban J connectivity index is 1.92. The van der Waals surface area contributed by atoms with Crippen molar-refractivity contribution in [1.29, 1.82) is 0 Å². The van der Waals surface area contributed by atoms with Gasteiger partial charge in [-0.05, 0) is 23.8 Å². The number of rotatable bonds is 5. The third kappa shape index (κ3) is 3.00. The highest BCUT2D eigenvalue weighted by Crippen LogP contribution is 2.30. The largest absolute Gasteiger partial charge is 0.489 e. The van der Waals surface area contributed by atoms with Crippen molar-refractivity contribution in [3.8, 4) is 5.75 Å². The first-order valence-electron chi connectivity index (χ1n) is 5.23. The molecule has 1 atom stereocenters. The quantitative estimate of drug-likeness (QED) is 0.807. The van der Waals surface area contributed by atoms with Gasteiger partial charge in [0, 0.05) is 17.7 Å². The first-order valence-corrected chi connectivity index (χ1v) is 6.39. The molecular weight excluding hydrogens is 240 g/mol. The van der Waals surface area contributed by atoms with E-state index in [4.69, 9.17) is 9.84 Å². The number of aldehydes is 1. The summed E-state index contributed by atoms with van der Waals surface area (Å²) < 4.78 is 5.66. The van der Waals surface area contributed by atoms with Gasteiger partial charge in [0.05, 0.1) is 5.75 Å². The summed E-state index contributed by atoms with van der Waals surface area (Å²) in [6, 6.07) is 5.34. The minimum absolute atomic E-state index is 0.0104. The Hall–Kier alpha value is -1.49. The normalized spacial score (nSPS) is 17.3. The molecule has 1 heterocycles. The molecule has 0 amide bonds. The molecule has 0 spiro atoms. The number of aliphatic carboxylic acids is 1. The lowest BCUT2D eigenvalue weighted by atomic mass is 10.1. The van der Waals surface area contributed by atoms with Crippen LogP contribution < -0.4 is 4.74 Å². The molecule has 1 aliphatic heterocycles. The summed E-state index contributed by atoms with van der Waals surface area (Å²) in [6.07, 6.45) is 1.56. The van der Waals surface area contributed by atoms with E-state index >= 15 is 0 Å². The van der Waals surface area contributed by atoms with Gasteiger partial charge in [0.25, 0.3) is 0 Å². The van der Waals surface area contributed by atoms with Crippen molar-refractivity contribution < 1.29 is 19.4 Å². The van der Waals surface area contributed by atoms with Crippen LogP contribution in [0.4, 0.5) is 0 Å². The Morgan fingerprint density at radius 1 is 1.59 bits per heavy atom. The molecule has 2 rings (SSSR count). The monoisotopic (exact) mass is 252 g/mol. The van der Waals surface area contributed by atoms with Crippen LogP contribution in [0.2, 0.25) is 0 Å². The van der Waals surface area contributed by atoms with Gasteiger partial charge in [0.1, 0.15) is 18.1 Å². The van der Waals surface area contributed by atoms with Crippen LogP contribution in [0.3, 0.4) is 0 Å². The van der Waals surface area contributed by atoms with E-state index in [-0.39, 0.29) is 11.9 Å². The minimum Gasteiger partial charge on any atom is -0.489 e. The highest BCUT2D eigenvalue weighted by Gasteiger charge is 2.23. The summed E-state index contributed by atoms with van der Waals surface area (Å²) in [6.45, 7) is 0. The van der Waals surface area contributed by atoms with Crippen LogP contribution in [0, 0.1) is 0 Å². The lowest BCUT2D eigenvalue weighted by Crippen LogP contribution is -2.17. The number of carboxylic acids is 1. The second-order valence-corrected chi connectivity index (χ2v) is 4.87. The van der Waals surface area contributed by atoms with Gasteiger partial charge in [-0.25, -0.2) is 0 Å². The molecule has 0 saturated heterocycles. The van der Waals surface area contributed by atoms with Crippen LogP contribution in [0.15, 0.2) is 18.2 Å². The van der Waals surface area contributed by atoms with Crippen molar-refractivity contribution in [3.05, 3.63) is 29.3 Å². The average Bonchev–Trinajstić information content (AvgIpc) is 2.69. The number of thioether (sulfide) groups is 1. The van der Waals surface area contributed by atoms with E-state index in [1.54, 1.807) is 12.1 Å². The third-order valence-corrected chi connectivity index (χ3v) is 3.55. The van der Waals surface area contributed by atoms with Crippen LogP contribution in [0.25, 0.3) is 0 Å². The molecule has 4 nitrogen and oxygen atoms in total. The van der Waals surface area contributed by atoms with Gasteiger partial charge >= 0.3 is 5.97 Å². The molecule has 17 heavy (non-hydrogen) atoms. The van der Waals surface area contributed by atoms with E-state index in [1.165, 1.54) is 11.8 Å². The van der Waals surface area contributed by atoms with Crippen molar-refractivity contribution >= 4 is 24.0 Å². The SMILES string of the molecule is O=Cc1ccc2c(c1)C[C@@H](CSCC(=O)O)O2. The number of carbonyl (C=O) groups is 2. The van der Waals surface area contributed by atoms with Crippen molar-refractivity contribution in [2.75, 3.05) is 11.5 Å². The smallest absolute Gasteiger partial charge is 0.313 e. The van der Waals surface area contributed by atoms with Crippen molar-refractivity contribution in [3.63, 3.8) is 0 Å². The second-order valence-electron chi connectivity index (χ2n) is 3.84. The predicted molar refractivity (Wildman–Crippen MR) is 64.9 cm³/mol. The average molecular weight is 252 g/mol. The minimum atomic E-state index is -0.811. The first-order chi connectivity index (χ1) is 8.19. The van der Waals surface area contributed by atoms with E-state index < -0.39 is 5.97 Å². The standard InChI is InChI=1S/C12H12O4S/c13-5-8-1-2-11-9(3-8)4-10(16-11)6-17-7-12(14)15/h1-3,5,10H,4,6-7H2,(H,14,15)/t10-/m0/s1. The summed E-state index contributed by atoms with van der Waals surface area (Å²) in [5, 5.41) is 8.53. The van der Waals surface area contributed by atoms with E-state index in [0.717, 1.165) is 24.0 Å². The number of benzene rings is 1. The van der Waals surface area contributed by atoms with E-state index in [1.807, 2.05) is 6.07 Å². The number of fused-ring (bicyclic) bond motifs is 1. The molecule has 1 aliphatic rings. The number of hydrogen-bond acceptors (Lipinski definition) is 4. The number of carboxylic acid groups (broad SMARTS) is 1. The second kappa shape index (κ2) is 5.23. The molecule has 0 aliphatic carbocycles. The highest BCUT2D eigenvalue weighted by atomic mass is 32.2. The third-order valence-electron chi connectivity index (χ3n) is 2.49. The zero-order valence-corrected chi connectivity index (χ0v) is 9.90. The summed E-state index contributed by atoms with van der Waals surface area (Å²) in [5.41, 5.74) is 1.67. The van der Waals surface area contributed by atoms with Crippen molar-refractivity contribution in [2.45, 2.75) is 12.5 Å². The molecule has 0 saturated carbocycles. The Bertz CT molecular complexity index is 444. The Labute approximate surface area is 103 Å². The topological polar surface area (TPSA) is 63.6 Å². The fourth-order valence-electron chi connectivity index (χ4n) is 1.78. The predicted octanol–water partition coefficient (Wildman–Crippen LogP) is 1.62. The first kappa shape index (κ1) is 12.0. The zero-order chi connectivity index (χ0) is 12.3. The van der Waals surface area contributed by atoms with Crippen LogP contribution in [-0.4, -0.2) is 35.0 Å². The zero-order valence-electron chi connectivity index (χ0n) is 9.09. The molecule has 1 aromatic rings. The van der Waals surface area contributed by atoms with Crippen LogP contribution in [-0.2, 0) is 11.2 Å². The number of hydrogen-bond donors (Lipinski definition) is 1. The summed E-state index contributed by atoms with van der Waals surface area (Å²) in [7, 11) is 0. The van der Waals surface area contributed by atoms with Crippen LogP contribution in [0.1, 0.15) is 15.9 Å². The van der Waals surface area contributed by atoms with Crippen LogP contribution >= 0.6 is 11.8 Å². The molecule has 0 radical (unpaired) electrons. The lowest BCUT2D eigenvalue weighted by molar-refractivity contribution is -0.133. The Morgan fingerprint density at radius 3 is 3.12 bits per heavy atom. The van der Waals surface area contributed by atoms with Gasteiger partial charge in [-0.1, -0.05) is 0 Å². The maximum absolute atomic E-state index is 10.6. The van der Waals surface area contributed by atoms with Crippen LogP contribution in [0.5, 0.6) is 5.75 Å². The Kier molecular flexibility index (Phi) is 3.68. The highest BCUT2D eigenvalue weighted by molar-refractivity contribution is 7.99. The molecule has 0 bridgehead atoms. The molecule has 1 N–H and O–H groups in total. The number of ether oxygens (including phenoxy) is 1.